The van der Waals surface area contributed by atoms with Gasteiger partial charge in [-0.25, -0.2) is 0 Å². The molecular weight excluding hydrogens is 336 g/mol. The summed E-state index contributed by atoms with van der Waals surface area (Å²) < 4.78 is 12.2. The Morgan fingerprint density at radius 3 is 2.67 bits per heavy atom. The Kier molecular flexibility index (Phi) is 3.17. The van der Waals surface area contributed by atoms with Gasteiger partial charge in [-0.05, 0) is 74.5 Å². The van der Waals surface area contributed by atoms with Crippen molar-refractivity contribution in [2.45, 2.75) is 83.0 Å². The van der Waals surface area contributed by atoms with E-state index in [9.17, 15) is 5.11 Å². The molecule has 0 radical (unpaired) electrons. The average molecular weight is 369 g/mol. The summed E-state index contributed by atoms with van der Waals surface area (Å²) in [4.78, 5) is 0. The minimum Gasteiger partial charge on any atom is -0.377 e. The van der Waals surface area contributed by atoms with Crippen molar-refractivity contribution >= 4 is 0 Å². The quantitative estimate of drug-likeness (QED) is 0.514. The van der Waals surface area contributed by atoms with Gasteiger partial charge in [-0.3, -0.25) is 0 Å². The van der Waals surface area contributed by atoms with E-state index in [1.807, 2.05) is 6.92 Å². The first-order chi connectivity index (χ1) is 12.9. The Hall–Kier alpha value is -0.820. The van der Waals surface area contributed by atoms with Crippen molar-refractivity contribution in [1.82, 2.24) is 0 Å². The summed E-state index contributed by atoms with van der Waals surface area (Å²) in [6, 6.07) is 0. The molecule has 146 valence electrons. The molecule has 1 spiro atoms. The van der Waals surface area contributed by atoms with Crippen molar-refractivity contribution in [3.63, 3.8) is 0 Å². The first-order valence-corrected chi connectivity index (χ1v) is 11.1. The summed E-state index contributed by atoms with van der Waals surface area (Å²) in [5, 5.41) is 11.3. The van der Waals surface area contributed by atoms with Crippen molar-refractivity contribution in [2.75, 3.05) is 13.2 Å². The third kappa shape index (κ3) is 1.86. The topological polar surface area (TPSA) is 38.7 Å². The molecule has 3 nitrogen and oxygen atoms in total. The van der Waals surface area contributed by atoms with Gasteiger partial charge in [-0.1, -0.05) is 24.5 Å². The number of ether oxygens (including phenoxy) is 2. The maximum atomic E-state index is 11.3. The average Bonchev–Trinajstić information content (AvgIpc) is 2.99. The van der Waals surface area contributed by atoms with Gasteiger partial charge >= 0.3 is 0 Å². The molecule has 1 N–H and O–H groups in total. The molecule has 1 heterocycles. The summed E-state index contributed by atoms with van der Waals surface area (Å²) in [6.07, 6.45) is 12.9. The van der Waals surface area contributed by atoms with Gasteiger partial charge in [-0.2, -0.15) is 0 Å². The molecule has 27 heavy (non-hydrogen) atoms. The molecule has 4 saturated carbocycles. The summed E-state index contributed by atoms with van der Waals surface area (Å²) in [5.41, 5.74) is 1.74. The first-order valence-electron chi connectivity index (χ1n) is 11.1. The van der Waals surface area contributed by atoms with Crippen LogP contribution >= 0.6 is 0 Å². The zero-order valence-corrected chi connectivity index (χ0v) is 16.8. The van der Waals surface area contributed by atoms with Crippen LogP contribution in [0, 0.1) is 39.9 Å². The van der Waals surface area contributed by atoms with Crippen molar-refractivity contribution < 1.29 is 14.6 Å². The second-order valence-electron chi connectivity index (χ2n) is 10.6. The molecule has 1 saturated heterocycles. The van der Waals surface area contributed by atoms with Crippen LogP contribution in [-0.4, -0.2) is 29.7 Å². The van der Waals surface area contributed by atoms with Gasteiger partial charge < -0.3 is 14.6 Å². The molecule has 1 aliphatic heterocycles. The van der Waals surface area contributed by atoms with Crippen LogP contribution in [0.15, 0.2) is 11.6 Å². The fourth-order valence-corrected chi connectivity index (χ4v) is 8.52. The minimum atomic E-state index is -0.799. The van der Waals surface area contributed by atoms with E-state index >= 15 is 0 Å². The number of rotatable bonds is 0. The van der Waals surface area contributed by atoms with Crippen LogP contribution in [0.2, 0.25) is 0 Å². The van der Waals surface area contributed by atoms with Gasteiger partial charge in [0, 0.05) is 18.3 Å². The van der Waals surface area contributed by atoms with E-state index in [1.54, 1.807) is 5.57 Å². The maximum Gasteiger partial charge on any atom is 0.169 e. The zero-order valence-electron chi connectivity index (χ0n) is 16.8. The molecule has 0 aromatic heterocycles. The third-order valence-electron chi connectivity index (χ3n) is 9.91. The van der Waals surface area contributed by atoms with Crippen molar-refractivity contribution in [1.29, 1.82) is 0 Å². The molecule has 0 aromatic carbocycles. The van der Waals surface area contributed by atoms with Gasteiger partial charge in [0.15, 0.2) is 5.79 Å². The normalized spacial score (nSPS) is 54.1. The van der Waals surface area contributed by atoms with Crippen LogP contribution in [0.5, 0.6) is 0 Å². The predicted molar refractivity (Wildman–Crippen MR) is 103 cm³/mol. The van der Waals surface area contributed by atoms with Gasteiger partial charge in [0.2, 0.25) is 0 Å². The number of hydrogen-bond acceptors (Lipinski definition) is 3. The highest BCUT2D eigenvalue weighted by molar-refractivity contribution is 5.42. The molecule has 6 rings (SSSR count). The molecule has 6 aliphatic rings. The Labute approximate surface area is 162 Å². The standard InChI is InChI=1S/C24H32O3/c1-3-7-23(25)10-6-18-17-4-9-21-15-22(21,19(17)5-8-20(18,23)2)11-12-24(16-21)26-13-14-27-24/h5,17-18,25H,4,6,8-16H2,1-2H3/t17-,18-,20-,21+,22+,23-/m0/s1. The zero-order chi connectivity index (χ0) is 18.5. The van der Waals surface area contributed by atoms with Crippen LogP contribution in [0.4, 0.5) is 0 Å². The highest BCUT2D eigenvalue weighted by Crippen LogP contribution is 2.83. The Morgan fingerprint density at radius 2 is 1.89 bits per heavy atom. The molecule has 0 aromatic rings. The number of fused-ring (bicyclic) bond motifs is 3. The van der Waals surface area contributed by atoms with E-state index in [1.165, 1.54) is 25.7 Å². The highest BCUT2D eigenvalue weighted by Gasteiger charge is 2.77. The number of aliphatic hydroxyl groups is 1. The van der Waals surface area contributed by atoms with Crippen molar-refractivity contribution in [3.8, 4) is 11.8 Å². The van der Waals surface area contributed by atoms with Crippen LogP contribution in [0.3, 0.4) is 0 Å². The van der Waals surface area contributed by atoms with Gasteiger partial charge in [0.05, 0.1) is 13.2 Å². The van der Waals surface area contributed by atoms with Crippen LogP contribution < -0.4 is 0 Å². The Morgan fingerprint density at radius 1 is 1.07 bits per heavy atom. The van der Waals surface area contributed by atoms with E-state index in [4.69, 9.17) is 9.47 Å². The lowest BCUT2D eigenvalue weighted by molar-refractivity contribution is -0.197. The Bertz CT molecular complexity index is 783. The Balaban J connectivity index is 1.35. The summed E-state index contributed by atoms with van der Waals surface area (Å²) in [7, 11) is 0. The SMILES string of the molecule is CC#C[C@]1(O)CC[C@H]2[C@@H]3CC[C@@]45CC6(CC[C@@]4(C5)C3=CC[C@@]21C)OCCO6. The number of hydrogen-bond donors (Lipinski definition) is 1. The minimum absolute atomic E-state index is 0.0801. The maximum absolute atomic E-state index is 11.3. The van der Waals surface area contributed by atoms with Gasteiger partial charge in [0.25, 0.3) is 0 Å². The summed E-state index contributed by atoms with van der Waals surface area (Å²) >= 11 is 0. The molecule has 0 bridgehead atoms. The smallest absolute Gasteiger partial charge is 0.169 e. The van der Waals surface area contributed by atoms with E-state index < -0.39 is 5.60 Å². The van der Waals surface area contributed by atoms with Crippen molar-refractivity contribution in [3.05, 3.63) is 11.6 Å². The van der Waals surface area contributed by atoms with Gasteiger partial charge in [-0.15, -0.1) is 5.92 Å². The second-order valence-corrected chi connectivity index (χ2v) is 10.6. The van der Waals surface area contributed by atoms with E-state index in [-0.39, 0.29) is 11.2 Å². The molecule has 0 amide bonds. The van der Waals surface area contributed by atoms with Gasteiger partial charge in [0.1, 0.15) is 5.60 Å². The van der Waals surface area contributed by atoms with Crippen molar-refractivity contribution in [2.24, 2.45) is 28.1 Å². The van der Waals surface area contributed by atoms with E-state index in [0.717, 1.165) is 45.3 Å². The van der Waals surface area contributed by atoms with E-state index in [0.29, 0.717) is 22.7 Å². The molecule has 5 fully saturated rings. The molecule has 3 heteroatoms. The van der Waals surface area contributed by atoms with Crippen LogP contribution in [0.25, 0.3) is 0 Å². The monoisotopic (exact) mass is 368 g/mol. The summed E-state index contributed by atoms with van der Waals surface area (Å²) in [6.45, 7) is 5.71. The molecule has 6 atom stereocenters. The molecule has 5 aliphatic carbocycles. The summed E-state index contributed by atoms with van der Waals surface area (Å²) in [5.74, 6) is 7.21. The lowest BCUT2D eigenvalue weighted by Gasteiger charge is -2.53. The lowest BCUT2D eigenvalue weighted by Crippen LogP contribution is -2.50. The molecule has 0 unspecified atom stereocenters. The lowest BCUT2D eigenvalue weighted by atomic mass is 9.53. The van der Waals surface area contributed by atoms with E-state index in [2.05, 4.69) is 24.8 Å². The fraction of sp³-hybridized carbons (Fsp3) is 0.833. The second kappa shape index (κ2) is 5.02. The molecular formula is C24H32O3. The first kappa shape index (κ1) is 17.1. The number of allylic oxidation sites excluding steroid dienone is 2. The fourth-order valence-electron chi connectivity index (χ4n) is 8.52. The largest absolute Gasteiger partial charge is 0.377 e. The predicted octanol–water partition coefficient (Wildman–Crippen LogP) is 4.20. The van der Waals surface area contributed by atoms with Crippen LogP contribution in [-0.2, 0) is 9.47 Å². The van der Waals surface area contributed by atoms with Crippen LogP contribution in [0.1, 0.15) is 71.6 Å². The third-order valence-corrected chi connectivity index (χ3v) is 9.91. The highest BCUT2D eigenvalue weighted by atomic mass is 16.7.